The van der Waals surface area contributed by atoms with Crippen LogP contribution in [0.1, 0.15) is 48.0 Å². The van der Waals surface area contributed by atoms with E-state index in [4.69, 9.17) is 16.3 Å². The summed E-state index contributed by atoms with van der Waals surface area (Å²) in [6.07, 6.45) is 7.98. The van der Waals surface area contributed by atoms with Gasteiger partial charge in [0.1, 0.15) is 11.8 Å². The molecule has 7 heteroatoms. The van der Waals surface area contributed by atoms with Crippen molar-refractivity contribution in [2.75, 3.05) is 6.61 Å². The predicted molar refractivity (Wildman–Crippen MR) is 109 cm³/mol. The molecule has 1 N–H and O–H groups in total. The number of carbonyl (C=O) groups is 2. The number of nitrogens with zero attached hydrogens (tertiary/aromatic N) is 2. The summed E-state index contributed by atoms with van der Waals surface area (Å²) in [6.45, 7) is 0.567. The normalized spacial score (nSPS) is 20.6. The number of halogens is 1. The van der Waals surface area contributed by atoms with Crippen molar-refractivity contribution < 1.29 is 14.3 Å². The number of amides is 2. The van der Waals surface area contributed by atoms with Crippen molar-refractivity contribution in [2.45, 2.75) is 50.4 Å². The van der Waals surface area contributed by atoms with Gasteiger partial charge in [0.2, 0.25) is 5.91 Å². The zero-order valence-electron chi connectivity index (χ0n) is 16.1. The van der Waals surface area contributed by atoms with E-state index in [1.54, 1.807) is 41.6 Å². The number of nitrogens with one attached hydrogen (secondary N) is 1. The van der Waals surface area contributed by atoms with Crippen molar-refractivity contribution in [3.63, 3.8) is 0 Å². The standard InChI is InChI=1S/C22H24ClN3O3/c23-18-8-6-17(7-9-18)21(28)26-19(15-29-22(26)10-2-1-3-11-22)20(27)25-14-16-5-4-12-24-13-16/h4-9,12-13,19H,1-3,10-11,14-15H2,(H,25,27)/t19-/m0/s1. The van der Waals surface area contributed by atoms with Crippen LogP contribution in [-0.4, -0.2) is 40.1 Å². The van der Waals surface area contributed by atoms with E-state index >= 15 is 0 Å². The van der Waals surface area contributed by atoms with Gasteiger partial charge in [-0.3, -0.25) is 19.5 Å². The molecule has 1 aromatic heterocycles. The van der Waals surface area contributed by atoms with Gasteiger partial charge in [0.25, 0.3) is 5.91 Å². The van der Waals surface area contributed by atoms with E-state index < -0.39 is 11.8 Å². The van der Waals surface area contributed by atoms with Crippen LogP contribution in [0.25, 0.3) is 0 Å². The quantitative estimate of drug-likeness (QED) is 0.832. The van der Waals surface area contributed by atoms with Gasteiger partial charge in [-0.25, -0.2) is 0 Å². The van der Waals surface area contributed by atoms with E-state index in [-0.39, 0.29) is 18.4 Å². The van der Waals surface area contributed by atoms with Crippen LogP contribution in [0.5, 0.6) is 0 Å². The molecule has 1 saturated carbocycles. The maximum absolute atomic E-state index is 13.4. The third-order valence-electron chi connectivity index (χ3n) is 5.70. The molecule has 29 heavy (non-hydrogen) atoms. The highest BCUT2D eigenvalue weighted by Gasteiger charge is 2.52. The number of benzene rings is 1. The molecule has 2 aliphatic rings. The fraction of sp³-hybridized carbons (Fsp3) is 0.409. The molecular weight excluding hydrogens is 390 g/mol. The fourth-order valence-electron chi connectivity index (χ4n) is 4.21. The second-order valence-electron chi connectivity index (χ2n) is 7.59. The van der Waals surface area contributed by atoms with Crippen molar-refractivity contribution in [2.24, 2.45) is 0 Å². The van der Waals surface area contributed by atoms with Crippen molar-refractivity contribution in [3.05, 3.63) is 64.9 Å². The van der Waals surface area contributed by atoms with Crippen LogP contribution in [0.2, 0.25) is 5.02 Å². The maximum atomic E-state index is 13.4. The highest BCUT2D eigenvalue weighted by Crippen LogP contribution is 2.41. The molecule has 152 valence electrons. The molecule has 1 atom stereocenters. The average Bonchev–Trinajstić information content (AvgIpc) is 3.11. The van der Waals surface area contributed by atoms with E-state index in [1.165, 1.54) is 0 Å². The molecule has 2 heterocycles. The maximum Gasteiger partial charge on any atom is 0.256 e. The molecule has 6 nitrogen and oxygen atoms in total. The minimum absolute atomic E-state index is 0.192. The van der Waals surface area contributed by atoms with Crippen LogP contribution < -0.4 is 5.32 Å². The lowest BCUT2D eigenvalue weighted by Crippen LogP contribution is -2.56. The molecule has 0 radical (unpaired) electrons. The summed E-state index contributed by atoms with van der Waals surface area (Å²) in [5.41, 5.74) is 0.711. The molecule has 2 amide bonds. The topological polar surface area (TPSA) is 71.5 Å². The smallest absolute Gasteiger partial charge is 0.256 e. The summed E-state index contributed by atoms with van der Waals surface area (Å²) in [6, 6.07) is 9.85. The molecule has 1 aliphatic heterocycles. The Hall–Kier alpha value is -2.44. The summed E-state index contributed by atoms with van der Waals surface area (Å²) in [5.74, 6) is -0.402. The minimum atomic E-state index is -0.703. The van der Waals surface area contributed by atoms with Crippen LogP contribution >= 0.6 is 11.6 Å². The van der Waals surface area contributed by atoms with E-state index in [2.05, 4.69) is 10.3 Å². The van der Waals surface area contributed by atoms with Gasteiger partial charge in [0, 0.05) is 29.5 Å². The molecule has 4 rings (SSSR count). The molecule has 0 bridgehead atoms. The van der Waals surface area contributed by atoms with Crippen LogP contribution in [0.15, 0.2) is 48.8 Å². The van der Waals surface area contributed by atoms with Gasteiger partial charge in [0.15, 0.2) is 0 Å². The van der Waals surface area contributed by atoms with Gasteiger partial charge in [-0.05, 0) is 61.6 Å². The Morgan fingerprint density at radius 2 is 1.93 bits per heavy atom. The lowest BCUT2D eigenvalue weighted by Gasteiger charge is -2.41. The lowest BCUT2D eigenvalue weighted by molar-refractivity contribution is -0.127. The average molecular weight is 414 g/mol. The second-order valence-corrected chi connectivity index (χ2v) is 8.03. The summed E-state index contributed by atoms with van der Waals surface area (Å²) in [4.78, 5) is 32.2. The van der Waals surface area contributed by atoms with Gasteiger partial charge < -0.3 is 10.1 Å². The highest BCUT2D eigenvalue weighted by atomic mass is 35.5. The fourth-order valence-corrected chi connectivity index (χ4v) is 4.34. The Labute approximate surface area is 175 Å². The number of hydrogen-bond donors (Lipinski definition) is 1. The van der Waals surface area contributed by atoms with Gasteiger partial charge in [0.05, 0.1) is 6.61 Å². The number of ether oxygens (including phenoxy) is 1. The predicted octanol–water partition coefficient (Wildman–Crippen LogP) is 3.55. The Morgan fingerprint density at radius 1 is 1.17 bits per heavy atom. The van der Waals surface area contributed by atoms with Crippen LogP contribution in [0.3, 0.4) is 0 Å². The Morgan fingerprint density at radius 3 is 2.62 bits per heavy atom. The Bertz CT molecular complexity index is 867. The summed E-state index contributed by atoms with van der Waals surface area (Å²) < 4.78 is 6.15. The number of hydrogen-bond acceptors (Lipinski definition) is 4. The number of pyridine rings is 1. The first-order chi connectivity index (χ1) is 14.1. The van der Waals surface area contributed by atoms with Crippen LogP contribution in [0.4, 0.5) is 0 Å². The van der Waals surface area contributed by atoms with E-state index in [1.807, 2.05) is 12.1 Å². The third kappa shape index (κ3) is 4.14. The van der Waals surface area contributed by atoms with Crippen LogP contribution in [0, 0.1) is 0 Å². The molecule has 1 aliphatic carbocycles. The van der Waals surface area contributed by atoms with Crippen molar-refractivity contribution in [3.8, 4) is 0 Å². The zero-order valence-corrected chi connectivity index (χ0v) is 16.9. The van der Waals surface area contributed by atoms with Crippen molar-refractivity contribution in [1.29, 1.82) is 0 Å². The van der Waals surface area contributed by atoms with Gasteiger partial charge in [-0.1, -0.05) is 24.1 Å². The zero-order chi connectivity index (χ0) is 20.3. The molecule has 0 unspecified atom stereocenters. The minimum Gasteiger partial charge on any atom is -0.353 e. The molecular formula is C22H24ClN3O3. The number of carbonyl (C=O) groups excluding carboxylic acids is 2. The monoisotopic (exact) mass is 413 g/mol. The molecule has 2 aromatic rings. The van der Waals surface area contributed by atoms with Crippen LogP contribution in [-0.2, 0) is 16.1 Å². The van der Waals surface area contributed by atoms with Crippen molar-refractivity contribution >= 4 is 23.4 Å². The highest BCUT2D eigenvalue weighted by molar-refractivity contribution is 6.30. The second kappa shape index (κ2) is 8.51. The SMILES string of the molecule is O=C(NCc1cccnc1)[C@@H]1COC2(CCCCC2)N1C(=O)c1ccc(Cl)cc1. The first-order valence-corrected chi connectivity index (χ1v) is 10.4. The summed E-state index contributed by atoms with van der Waals surface area (Å²) in [5, 5.41) is 3.50. The molecule has 2 fully saturated rings. The molecule has 1 spiro atoms. The molecule has 1 saturated heterocycles. The Kier molecular flexibility index (Phi) is 5.83. The lowest BCUT2D eigenvalue weighted by atomic mass is 9.89. The first kappa shape index (κ1) is 19.9. The van der Waals surface area contributed by atoms with Gasteiger partial charge in [-0.15, -0.1) is 0 Å². The number of aromatic nitrogens is 1. The van der Waals surface area contributed by atoms with E-state index in [0.717, 1.165) is 37.7 Å². The number of rotatable bonds is 4. The first-order valence-electron chi connectivity index (χ1n) is 9.99. The van der Waals surface area contributed by atoms with Gasteiger partial charge in [-0.2, -0.15) is 0 Å². The summed E-state index contributed by atoms with van der Waals surface area (Å²) >= 11 is 5.98. The summed E-state index contributed by atoms with van der Waals surface area (Å²) in [7, 11) is 0. The van der Waals surface area contributed by atoms with Crippen molar-refractivity contribution in [1.82, 2.24) is 15.2 Å². The molecule has 1 aromatic carbocycles. The Balaban J connectivity index is 1.57. The third-order valence-corrected chi connectivity index (χ3v) is 5.95. The van der Waals surface area contributed by atoms with Gasteiger partial charge >= 0.3 is 0 Å². The largest absolute Gasteiger partial charge is 0.353 e. The van der Waals surface area contributed by atoms with E-state index in [9.17, 15) is 9.59 Å². The van der Waals surface area contributed by atoms with E-state index in [0.29, 0.717) is 17.1 Å².